The molecule has 1 unspecified atom stereocenters. The first-order valence-electron chi connectivity index (χ1n) is 15.4. The number of amides is 2. The molecule has 2 aromatic carbocycles. The van der Waals surface area contributed by atoms with Crippen molar-refractivity contribution in [3.63, 3.8) is 0 Å². The average Bonchev–Trinajstić information content (AvgIpc) is 3.71. The van der Waals surface area contributed by atoms with Gasteiger partial charge in [-0.25, -0.2) is 8.42 Å². The van der Waals surface area contributed by atoms with Gasteiger partial charge >= 0.3 is 0 Å². The van der Waals surface area contributed by atoms with E-state index in [0.29, 0.717) is 24.0 Å². The number of sulfonamides is 1. The summed E-state index contributed by atoms with van der Waals surface area (Å²) in [5.74, 6) is -0.0868. The third-order valence-electron chi connectivity index (χ3n) is 7.97. The summed E-state index contributed by atoms with van der Waals surface area (Å²) in [5.41, 5.74) is 0.864. The molecule has 11 nitrogen and oxygen atoms in total. The Morgan fingerprint density at radius 1 is 1.00 bits per heavy atom. The van der Waals surface area contributed by atoms with Crippen molar-refractivity contribution < 1.29 is 32.6 Å². The minimum absolute atomic E-state index is 0.0171. The number of nitrogens with one attached hydrogen (secondary N) is 3. The van der Waals surface area contributed by atoms with Crippen molar-refractivity contribution in [3.05, 3.63) is 54.1 Å². The lowest BCUT2D eigenvalue weighted by Crippen LogP contribution is -2.57. The molecule has 1 fully saturated rings. The molecule has 44 heavy (non-hydrogen) atoms. The van der Waals surface area contributed by atoms with Crippen molar-refractivity contribution in [3.8, 4) is 11.5 Å². The fraction of sp³-hybridized carbons (Fsp3) is 0.562. The lowest BCUT2D eigenvalue weighted by atomic mass is 9.96. The van der Waals surface area contributed by atoms with E-state index in [1.54, 1.807) is 6.07 Å². The average molecular weight is 631 g/mol. The quantitative estimate of drug-likeness (QED) is 0.209. The molecule has 12 heteroatoms. The van der Waals surface area contributed by atoms with Crippen LogP contribution in [-0.4, -0.2) is 80.3 Å². The summed E-state index contributed by atoms with van der Waals surface area (Å²) in [5, 5.41) is 20.6. The molecule has 0 spiro atoms. The number of hydrogen-bond acceptors (Lipinski definition) is 8. The van der Waals surface area contributed by atoms with Gasteiger partial charge in [0.2, 0.25) is 28.6 Å². The number of carbonyl (C=O) groups is 2. The molecular formula is C32H46N4O7S. The number of fused-ring (bicyclic) bond motifs is 1. The van der Waals surface area contributed by atoms with Gasteiger partial charge in [0.25, 0.3) is 0 Å². The minimum Gasteiger partial charge on any atom is -0.454 e. The number of benzene rings is 2. The van der Waals surface area contributed by atoms with Gasteiger partial charge in [-0.15, -0.1) is 0 Å². The Morgan fingerprint density at radius 2 is 1.70 bits per heavy atom. The molecule has 0 saturated heterocycles. The van der Waals surface area contributed by atoms with Gasteiger partial charge < -0.3 is 30.5 Å². The maximum Gasteiger partial charge on any atom is 0.243 e. The van der Waals surface area contributed by atoms with Crippen LogP contribution >= 0.6 is 0 Å². The summed E-state index contributed by atoms with van der Waals surface area (Å²) in [7, 11) is -4.04. The molecule has 1 aliphatic carbocycles. The van der Waals surface area contributed by atoms with Crippen LogP contribution in [0.2, 0.25) is 0 Å². The van der Waals surface area contributed by atoms with E-state index in [0.717, 1.165) is 18.4 Å². The van der Waals surface area contributed by atoms with Gasteiger partial charge in [0, 0.05) is 25.2 Å². The smallest absolute Gasteiger partial charge is 0.243 e. The molecule has 2 aliphatic rings. The Bertz CT molecular complexity index is 1370. The van der Waals surface area contributed by atoms with E-state index in [1.807, 2.05) is 58.0 Å². The normalized spacial score (nSPS) is 17.2. The summed E-state index contributed by atoms with van der Waals surface area (Å²) >= 11 is 0. The van der Waals surface area contributed by atoms with Crippen LogP contribution in [0, 0.1) is 11.8 Å². The van der Waals surface area contributed by atoms with Crippen molar-refractivity contribution in [2.24, 2.45) is 11.8 Å². The summed E-state index contributed by atoms with van der Waals surface area (Å²) in [6.07, 6.45) is 1.74. The van der Waals surface area contributed by atoms with Crippen LogP contribution in [0.1, 0.15) is 52.5 Å². The third-order valence-corrected chi connectivity index (χ3v) is 9.80. The predicted octanol–water partition coefficient (Wildman–Crippen LogP) is 2.43. The van der Waals surface area contributed by atoms with Crippen LogP contribution in [0.25, 0.3) is 0 Å². The number of hydrogen-bond donors (Lipinski definition) is 4. The SMILES string of the molecule is CCC(C)[C@H](NC(=O)CNC1CC1)C(=O)N[C@@H](Cc1ccccc1)[C@H](O)CN(CC(C)C)S(=O)(=O)c1ccc2c(c1)OCO2. The van der Waals surface area contributed by atoms with Crippen LogP contribution in [0.5, 0.6) is 11.5 Å². The summed E-state index contributed by atoms with van der Waals surface area (Å²) in [4.78, 5) is 26.4. The Balaban J connectivity index is 1.55. The van der Waals surface area contributed by atoms with E-state index >= 15 is 0 Å². The standard InChI is InChI=1S/C32H46N4O7S/c1-5-22(4)31(35-30(38)17-33-24-11-12-24)32(39)34-26(15-23-9-7-6-8-10-23)27(37)19-36(18-21(2)3)44(40,41)25-13-14-28-29(16-25)43-20-42-28/h6-10,13-14,16,21-22,24,26-27,31,33,37H,5,11-12,15,17-20H2,1-4H3,(H,34,39)(H,35,38)/t22?,26-,27+,31-/m0/s1. The topological polar surface area (TPSA) is 146 Å². The van der Waals surface area contributed by atoms with E-state index in [9.17, 15) is 23.1 Å². The van der Waals surface area contributed by atoms with Gasteiger partial charge in [-0.3, -0.25) is 9.59 Å². The molecule has 0 radical (unpaired) electrons. The van der Waals surface area contributed by atoms with Crippen molar-refractivity contribution >= 4 is 21.8 Å². The maximum atomic E-state index is 13.9. The number of aliphatic hydroxyl groups is 1. The van der Waals surface area contributed by atoms with E-state index in [4.69, 9.17) is 9.47 Å². The van der Waals surface area contributed by atoms with Gasteiger partial charge in [-0.1, -0.05) is 64.4 Å². The molecule has 0 aromatic heterocycles. The zero-order valence-corrected chi connectivity index (χ0v) is 26.8. The van der Waals surface area contributed by atoms with Gasteiger partial charge in [-0.2, -0.15) is 4.31 Å². The van der Waals surface area contributed by atoms with Crippen molar-refractivity contribution in [1.29, 1.82) is 0 Å². The lowest BCUT2D eigenvalue weighted by Gasteiger charge is -2.32. The van der Waals surface area contributed by atoms with E-state index in [2.05, 4.69) is 16.0 Å². The van der Waals surface area contributed by atoms with Crippen LogP contribution in [0.3, 0.4) is 0 Å². The van der Waals surface area contributed by atoms with Crippen molar-refractivity contribution in [2.75, 3.05) is 26.4 Å². The molecule has 1 aliphatic heterocycles. The second-order valence-electron chi connectivity index (χ2n) is 12.2. The maximum absolute atomic E-state index is 13.9. The van der Waals surface area contributed by atoms with Crippen LogP contribution in [-0.2, 0) is 26.0 Å². The van der Waals surface area contributed by atoms with Crippen molar-refractivity contribution in [2.45, 2.75) is 82.5 Å². The fourth-order valence-corrected chi connectivity index (χ4v) is 6.71. The molecule has 1 saturated carbocycles. The zero-order chi connectivity index (χ0) is 31.9. The first-order chi connectivity index (χ1) is 21.0. The third kappa shape index (κ3) is 9.16. The molecule has 4 rings (SSSR count). The highest BCUT2D eigenvalue weighted by Gasteiger charge is 2.34. The number of carbonyl (C=O) groups excluding carboxylic acids is 2. The van der Waals surface area contributed by atoms with E-state index < -0.39 is 34.1 Å². The second-order valence-corrected chi connectivity index (χ2v) is 14.1. The van der Waals surface area contributed by atoms with Gasteiger partial charge in [0.15, 0.2) is 11.5 Å². The van der Waals surface area contributed by atoms with E-state index in [-0.39, 0.29) is 55.5 Å². The number of nitrogens with zero attached hydrogens (tertiary/aromatic N) is 1. The molecule has 4 N–H and O–H groups in total. The molecule has 1 heterocycles. The highest BCUT2D eigenvalue weighted by molar-refractivity contribution is 7.89. The summed E-state index contributed by atoms with van der Waals surface area (Å²) in [6.45, 7) is 7.68. The number of ether oxygens (including phenoxy) is 2. The highest BCUT2D eigenvalue weighted by Crippen LogP contribution is 2.35. The fourth-order valence-electron chi connectivity index (χ4n) is 5.08. The Kier molecular flexibility index (Phi) is 11.6. The minimum atomic E-state index is -4.04. The van der Waals surface area contributed by atoms with Gasteiger partial charge in [0.1, 0.15) is 6.04 Å². The molecular weight excluding hydrogens is 584 g/mol. The Morgan fingerprint density at radius 3 is 2.36 bits per heavy atom. The monoisotopic (exact) mass is 630 g/mol. The van der Waals surface area contributed by atoms with Crippen molar-refractivity contribution in [1.82, 2.24) is 20.3 Å². The number of aliphatic hydroxyl groups excluding tert-OH is 1. The van der Waals surface area contributed by atoms with Gasteiger partial charge in [0.05, 0.1) is 23.6 Å². The molecule has 242 valence electrons. The summed E-state index contributed by atoms with van der Waals surface area (Å²) < 4.78 is 39.7. The first-order valence-corrected chi connectivity index (χ1v) is 16.9. The van der Waals surface area contributed by atoms with Crippen LogP contribution < -0.4 is 25.4 Å². The summed E-state index contributed by atoms with van der Waals surface area (Å²) in [6, 6.07) is 12.5. The van der Waals surface area contributed by atoms with Crippen LogP contribution in [0.4, 0.5) is 0 Å². The number of rotatable bonds is 17. The zero-order valence-electron chi connectivity index (χ0n) is 26.0. The van der Waals surface area contributed by atoms with E-state index in [1.165, 1.54) is 16.4 Å². The molecule has 2 aromatic rings. The Labute approximate surface area is 260 Å². The Hall–Kier alpha value is -3.19. The van der Waals surface area contributed by atoms with Crippen LogP contribution in [0.15, 0.2) is 53.4 Å². The largest absolute Gasteiger partial charge is 0.454 e. The first kappa shape index (κ1) is 33.7. The van der Waals surface area contributed by atoms with Gasteiger partial charge in [-0.05, 0) is 48.8 Å². The predicted molar refractivity (Wildman–Crippen MR) is 167 cm³/mol. The molecule has 0 bridgehead atoms. The highest BCUT2D eigenvalue weighted by atomic mass is 32.2. The molecule has 4 atom stereocenters. The lowest BCUT2D eigenvalue weighted by molar-refractivity contribution is -0.131. The molecule has 2 amide bonds. The second kappa shape index (κ2) is 15.2.